The van der Waals surface area contributed by atoms with Crippen LogP contribution in [0.15, 0.2) is 24.3 Å². The zero-order valence-electron chi connectivity index (χ0n) is 11.5. The second kappa shape index (κ2) is 7.14. The average molecular weight is 261 g/mol. The number of piperidine rings is 1. The number of amides is 2. The molecule has 19 heavy (non-hydrogen) atoms. The number of nitrogens with one attached hydrogen (secondary N) is 3. The van der Waals surface area contributed by atoms with Crippen molar-refractivity contribution >= 4 is 6.03 Å². The fourth-order valence-electron chi connectivity index (χ4n) is 2.40. The fourth-order valence-corrected chi connectivity index (χ4v) is 2.40. The van der Waals surface area contributed by atoms with E-state index in [0.29, 0.717) is 12.5 Å². The maximum atomic E-state index is 11.7. The van der Waals surface area contributed by atoms with Gasteiger partial charge >= 0.3 is 6.03 Å². The summed E-state index contributed by atoms with van der Waals surface area (Å²) in [6.07, 6.45) is 2.41. The summed E-state index contributed by atoms with van der Waals surface area (Å²) in [6.45, 7) is 5.51. The summed E-state index contributed by atoms with van der Waals surface area (Å²) in [5, 5.41) is 9.19. The Kier molecular flexibility index (Phi) is 5.21. The van der Waals surface area contributed by atoms with Crippen LogP contribution in [0.25, 0.3) is 0 Å². The van der Waals surface area contributed by atoms with Gasteiger partial charge in [0.1, 0.15) is 0 Å². The van der Waals surface area contributed by atoms with Gasteiger partial charge in [-0.15, -0.1) is 0 Å². The van der Waals surface area contributed by atoms with Crippen LogP contribution in [0, 0.1) is 12.8 Å². The third kappa shape index (κ3) is 4.91. The SMILES string of the molecule is Cc1cccc(CNC(=O)NCC2CCCNC2)c1. The lowest BCUT2D eigenvalue weighted by Crippen LogP contribution is -2.41. The molecule has 1 aromatic rings. The summed E-state index contributed by atoms with van der Waals surface area (Å²) in [5.74, 6) is 0.568. The van der Waals surface area contributed by atoms with E-state index in [-0.39, 0.29) is 6.03 Å². The summed E-state index contributed by atoms with van der Waals surface area (Å²) < 4.78 is 0. The van der Waals surface area contributed by atoms with E-state index in [1.165, 1.54) is 18.4 Å². The molecule has 1 unspecified atom stereocenters. The van der Waals surface area contributed by atoms with Gasteiger partial charge in [-0.25, -0.2) is 4.79 Å². The average Bonchev–Trinajstić information content (AvgIpc) is 2.44. The summed E-state index contributed by atoms with van der Waals surface area (Å²) in [6, 6.07) is 8.11. The summed E-state index contributed by atoms with van der Waals surface area (Å²) in [5.41, 5.74) is 2.35. The minimum atomic E-state index is -0.0768. The predicted octanol–water partition coefficient (Wildman–Crippen LogP) is 1.79. The molecule has 2 rings (SSSR count). The van der Waals surface area contributed by atoms with Gasteiger partial charge in [-0.05, 0) is 44.3 Å². The lowest BCUT2D eigenvalue weighted by molar-refractivity contribution is 0.236. The number of carbonyl (C=O) groups excluding carboxylic acids is 1. The third-order valence-electron chi connectivity index (χ3n) is 3.49. The minimum Gasteiger partial charge on any atom is -0.338 e. The van der Waals surface area contributed by atoms with Crippen molar-refractivity contribution in [2.24, 2.45) is 5.92 Å². The first-order valence-corrected chi connectivity index (χ1v) is 7.02. The Morgan fingerprint density at radius 3 is 3.05 bits per heavy atom. The lowest BCUT2D eigenvalue weighted by Gasteiger charge is -2.22. The highest BCUT2D eigenvalue weighted by molar-refractivity contribution is 5.73. The van der Waals surface area contributed by atoms with Gasteiger partial charge in [-0.3, -0.25) is 0 Å². The van der Waals surface area contributed by atoms with E-state index in [2.05, 4.69) is 35.0 Å². The highest BCUT2D eigenvalue weighted by Crippen LogP contribution is 2.08. The molecular formula is C15H23N3O. The Bertz CT molecular complexity index is 414. The van der Waals surface area contributed by atoms with Crippen LogP contribution in [0.1, 0.15) is 24.0 Å². The van der Waals surface area contributed by atoms with E-state index in [1.807, 2.05) is 12.1 Å². The molecule has 0 aromatic heterocycles. The van der Waals surface area contributed by atoms with Crippen molar-refractivity contribution in [1.29, 1.82) is 0 Å². The summed E-state index contributed by atoms with van der Waals surface area (Å²) in [7, 11) is 0. The largest absolute Gasteiger partial charge is 0.338 e. The zero-order valence-corrected chi connectivity index (χ0v) is 11.5. The first kappa shape index (κ1) is 13.9. The Morgan fingerprint density at radius 1 is 1.42 bits per heavy atom. The van der Waals surface area contributed by atoms with Gasteiger partial charge in [0.2, 0.25) is 0 Å². The normalized spacial score (nSPS) is 18.9. The molecule has 0 spiro atoms. The van der Waals surface area contributed by atoms with Crippen molar-refractivity contribution in [3.63, 3.8) is 0 Å². The van der Waals surface area contributed by atoms with Crippen molar-refractivity contribution in [1.82, 2.24) is 16.0 Å². The Balaban J connectivity index is 1.66. The third-order valence-corrected chi connectivity index (χ3v) is 3.49. The van der Waals surface area contributed by atoms with Crippen LogP contribution < -0.4 is 16.0 Å². The van der Waals surface area contributed by atoms with Crippen molar-refractivity contribution < 1.29 is 4.79 Å². The van der Waals surface area contributed by atoms with Gasteiger partial charge in [-0.1, -0.05) is 29.8 Å². The molecule has 4 heteroatoms. The molecule has 0 bridgehead atoms. The molecule has 0 aliphatic carbocycles. The molecule has 2 amide bonds. The Hall–Kier alpha value is -1.55. The van der Waals surface area contributed by atoms with Gasteiger partial charge < -0.3 is 16.0 Å². The van der Waals surface area contributed by atoms with Crippen LogP contribution in [0.2, 0.25) is 0 Å². The molecule has 104 valence electrons. The number of urea groups is 1. The molecule has 1 fully saturated rings. The number of carbonyl (C=O) groups is 1. The van der Waals surface area contributed by atoms with Gasteiger partial charge in [0.05, 0.1) is 0 Å². The summed E-state index contributed by atoms with van der Waals surface area (Å²) in [4.78, 5) is 11.7. The molecule has 1 aromatic carbocycles. The quantitative estimate of drug-likeness (QED) is 0.774. The van der Waals surface area contributed by atoms with E-state index in [1.54, 1.807) is 0 Å². The minimum absolute atomic E-state index is 0.0768. The van der Waals surface area contributed by atoms with Crippen LogP contribution in [0.5, 0.6) is 0 Å². The topological polar surface area (TPSA) is 53.2 Å². The van der Waals surface area contributed by atoms with E-state index in [9.17, 15) is 4.79 Å². The molecule has 1 aliphatic rings. The summed E-state index contributed by atoms with van der Waals surface area (Å²) >= 11 is 0. The molecule has 0 radical (unpaired) electrons. The molecule has 1 atom stereocenters. The van der Waals surface area contributed by atoms with E-state index in [4.69, 9.17) is 0 Å². The molecule has 3 N–H and O–H groups in total. The first-order valence-electron chi connectivity index (χ1n) is 7.02. The molecule has 1 heterocycles. The van der Waals surface area contributed by atoms with Crippen molar-refractivity contribution in [2.75, 3.05) is 19.6 Å². The van der Waals surface area contributed by atoms with E-state index >= 15 is 0 Å². The van der Waals surface area contributed by atoms with Gasteiger partial charge in [-0.2, -0.15) is 0 Å². The maximum Gasteiger partial charge on any atom is 0.315 e. The second-order valence-corrected chi connectivity index (χ2v) is 5.27. The molecule has 1 saturated heterocycles. The molecule has 0 saturated carbocycles. The number of hydrogen-bond acceptors (Lipinski definition) is 2. The van der Waals surface area contributed by atoms with Crippen LogP contribution in [-0.2, 0) is 6.54 Å². The van der Waals surface area contributed by atoms with E-state index < -0.39 is 0 Å². The molecular weight excluding hydrogens is 238 g/mol. The monoisotopic (exact) mass is 261 g/mol. The fraction of sp³-hybridized carbons (Fsp3) is 0.533. The van der Waals surface area contributed by atoms with Crippen molar-refractivity contribution in [3.8, 4) is 0 Å². The van der Waals surface area contributed by atoms with Gasteiger partial charge in [0.15, 0.2) is 0 Å². The smallest absolute Gasteiger partial charge is 0.315 e. The van der Waals surface area contributed by atoms with Gasteiger partial charge in [0, 0.05) is 13.1 Å². The highest BCUT2D eigenvalue weighted by Gasteiger charge is 2.13. The number of benzene rings is 1. The number of aryl methyl sites for hydroxylation is 1. The van der Waals surface area contributed by atoms with Crippen LogP contribution in [0.4, 0.5) is 4.79 Å². The molecule has 4 nitrogen and oxygen atoms in total. The first-order chi connectivity index (χ1) is 9.24. The van der Waals surface area contributed by atoms with Crippen LogP contribution >= 0.6 is 0 Å². The highest BCUT2D eigenvalue weighted by atomic mass is 16.2. The zero-order chi connectivity index (χ0) is 13.5. The van der Waals surface area contributed by atoms with Crippen molar-refractivity contribution in [3.05, 3.63) is 35.4 Å². The lowest BCUT2D eigenvalue weighted by atomic mass is 10.00. The number of hydrogen-bond donors (Lipinski definition) is 3. The van der Waals surface area contributed by atoms with Crippen molar-refractivity contribution in [2.45, 2.75) is 26.3 Å². The Labute approximate surface area is 115 Å². The van der Waals surface area contributed by atoms with Crippen LogP contribution in [0.3, 0.4) is 0 Å². The van der Waals surface area contributed by atoms with Gasteiger partial charge in [0.25, 0.3) is 0 Å². The van der Waals surface area contributed by atoms with E-state index in [0.717, 1.165) is 25.2 Å². The predicted molar refractivity (Wildman–Crippen MR) is 77.0 cm³/mol. The maximum absolute atomic E-state index is 11.7. The number of rotatable bonds is 4. The second-order valence-electron chi connectivity index (χ2n) is 5.27. The Morgan fingerprint density at radius 2 is 2.32 bits per heavy atom. The van der Waals surface area contributed by atoms with Crippen LogP contribution in [-0.4, -0.2) is 25.7 Å². The molecule has 1 aliphatic heterocycles. The standard InChI is InChI=1S/C15H23N3O/c1-12-4-2-5-13(8-12)10-17-15(19)18-11-14-6-3-7-16-9-14/h2,4-5,8,14,16H,3,6-7,9-11H2,1H3,(H2,17,18,19).